The Balaban J connectivity index is 3.47. The summed E-state index contributed by atoms with van der Waals surface area (Å²) < 4.78 is 27.1. The van der Waals surface area contributed by atoms with Gasteiger partial charge in [0.25, 0.3) is 0 Å². The van der Waals surface area contributed by atoms with E-state index in [-0.39, 0.29) is 25.7 Å². The summed E-state index contributed by atoms with van der Waals surface area (Å²) in [4.78, 5) is 34.1. The SMILES string of the molecule is CCCCCCCCCCCCCCCCCCCCCCCCCC(=O)NCCOP(=O)(O)OCC(O)COC(=O)CCCCCCCCCCCCCCCCCCCCCC. The Morgan fingerprint density at radius 2 is 0.703 bits per heavy atom. The lowest BCUT2D eigenvalue weighted by Gasteiger charge is -2.15. The van der Waals surface area contributed by atoms with Crippen LogP contribution in [0.15, 0.2) is 0 Å². The highest BCUT2D eigenvalue weighted by molar-refractivity contribution is 7.47. The third kappa shape index (κ3) is 52.0. The average molecular weight is 930 g/mol. The molecule has 0 radical (unpaired) electrons. The van der Waals surface area contributed by atoms with Gasteiger partial charge in [-0.05, 0) is 12.8 Å². The topological polar surface area (TPSA) is 131 Å². The van der Waals surface area contributed by atoms with Gasteiger partial charge in [-0.3, -0.25) is 18.6 Å². The molecular weight excluding hydrogens is 822 g/mol. The molecule has 1 amide bonds. The fourth-order valence-corrected chi connectivity index (χ4v) is 9.32. The summed E-state index contributed by atoms with van der Waals surface area (Å²) in [6.07, 6.45) is 56.3. The van der Waals surface area contributed by atoms with Crippen molar-refractivity contribution in [2.24, 2.45) is 0 Å². The molecule has 0 fully saturated rings. The number of esters is 1. The lowest BCUT2D eigenvalue weighted by atomic mass is 10.0. The molecule has 0 saturated heterocycles. The number of hydrogen-bond donors (Lipinski definition) is 3. The maximum Gasteiger partial charge on any atom is 0.472 e. The number of hydrogen-bond acceptors (Lipinski definition) is 7. The molecule has 2 atom stereocenters. The molecule has 0 bridgehead atoms. The second kappa shape index (κ2) is 51.4. The predicted octanol–water partition coefficient (Wildman–Crippen LogP) is 16.7. The van der Waals surface area contributed by atoms with Gasteiger partial charge in [-0.1, -0.05) is 277 Å². The number of aliphatic hydroxyl groups excluding tert-OH is 1. The fourth-order valence-electron chi connectivity index (χ4n) is 8.56. The first-order valence-electron chi connectivity index (χ1n) is 28.0. The van der Waals surface area contributed by atoms with Crippen LogP contribution in [-0.4, -0.2) is 54.3 Å². The normalized spacial score (nSPS) is 13.0. The molecule has 9 nitrogen and oxygen atoms in total. The van der Waals surface area contributed by atoms with E-state index in [9.17, 15) is 24.2 Å². The number of carbonyl (C=O) groups excluding carboxylic acids is 2. The Bertz CT molecular complexity index is 1020. The molecule has 0 saturated carbocycles. The molecule has 0 aliphatic heterocycles. The number of carbonyl (C=O) groups is 2. The molecule has 10 heteroatoms. The summed E-state index contributed by atoms with van der Waals surface area (Å²) in [6, 6.07) is 0. The van der Waals surface area contributed by atoms with Crippen molar-refractivity contribution in [1.29, 1.82) is 0 Å². The number of phosphoric acid groups is 1. The minimum absolute atomic E-state index is 0.0891. The zero-order chi connectivity index (χ0) is 46.7. The van der Waals surface area contributed by atoms with Gasteiger partial charge in [-0.15, -0.1) is 0 Å². The smallest absolute Gasteiger partial charge is 0.463 e. The van der Waals surface area contributed by atoms with Crippen molar-refractivity contribution in [2.45, 2.75) is 309 Å². The summed E-state index contributed by atoms with van der Waals surface area (Å²) in [5.74, 6) is -0.495. The van der Waals surface area contributed by atoms with Crippen LogP contribution in [-0.2, 0) is 27.9 Å². The van der Waals surface area contributed by atoms with Crippen LogP contribution in [0.25, 0.3) is 0 Å². The zero-order valence-electron chi connectivity index (χ0n) is 42.5. The minimum atomic E-state index is -4.42. The molecule has 0 aliphatic carbocycles. The quantitative estimate of drug-likeness (QED) is 0.0312. The predicted molar refractivity (Wildman–Crippen MR) is 271 cm³/mol. The molecule has 0 rings (SSSR count). The van der Waals surface area contributed by atoms with Gasteiger partial charge in [0.2, 0.25) is 5.91 Å². The van der Waals surface area contributed by atoms with E-state index in [2.05, 4.69) is 19.2 Å². The Labute approximate surface area is 396 Å². The van der Waals surface area contributed by atoms with Crippen LogP contribution < -0.4 is 5.32 Å². The van der Waals surface area contributed by atoms with Crippen molar-refractivity contribution in [3.63, 3.8) is 0 Å². The largest absolute Gasteiger partial charge is 0.472 e. The Morgan fingerprint density at radius 3 is 1.02 bits per heavy atom. The number of nitrogens with one attached hydrogen (secondary N) is 1. The van der Waals surface area contributed by atoms with Gasteiger partial charge in [0.1, 0.15) is 12.7 Å². The van der Waals surface area contributed by atoms with E-state index in [1.807, 2.05) is 0 Å². The number of unbranched alkanes of at least 4 members (excludes halogenated alkanes) is 41. The Morgan fingerprint density at radius 1 is 0.422 bits per heavy atom. The lowest BCUT2D eigenvalue weighted by Crippen LogP contribution is -2.27. The molecule has 382 valence electrons. The summed E-state index contributed by atoms with van der Waals surface area (Å²) in [5.41, 5.74) is 0. The molecule has 0 aromatic carbocycles. The van der Waals surface area contributed by atoms with Crippen LogP contribution in [0.1, 0.15) is 303 Å². The summed E-state index contributed by atoms with van der Waals surface area (Å²) >= 11 is 0. The van der Waals surface area contributed by atoms with Crippen LogP contribution in [0, 0.1) is 0 Å². The second-order valence-corrected chi connectivity index (χ2v) is 20.7. The van der Waals surface area contributed by atoms with Crippen LogP contribution in [0.3, 0.4) is 0 Å². The Hall–Kier alpha value is -0.990. The van der Waals surface area contributed by atoms with E-state index in [0.717, 1.165) is 38.5 Å². The summed E-state index contributed by atoms with van der Waals surface area (Å²) in [6.45, 7) is 3.64. The number of phosphoric ester groups is 1. The van der Waals surface area contributed by atoms with Gasteiger partial charge in [0, 0.05) is 19.4 Å². The van der Waals surface area contributed by atoms with Crippen molar-refractivity contribution in [1.82, 2.24) is 5.32 Å². The van der Waals surface area contributed by atoms with E-state index in [0.29, 0.717) is 12.8 Å². The molecule has 0 spiro atoms. The van der Waals surface area contributed by atoms with Gasteiger partial charge < -0.3 is 20.1 Å². The van der Waals surface area contributed by atoms with Crippen molar-refractivity contribution in [3.05, 3.63) is 0 Å². The summed E-state index contributed by atoms with van der Waals surface area (Å²) in [5, 5.41) is 12.8. The highest BCUT2D eigenvalue weighted by atomic mass is 31.2. The maximum atomic E-state index is 12.2. The fraction of sp³-hybridized carbons (Fsp3) is 0.963. The molecule has 3 N–H and O–H groups in total. The molecule has 64 heavy (non-hydrogen) atoms. The van der Waals surface area contributed by atoms with Gasteiger partial charge in [-0.2, -0.15) is 0 Å². The summed E-state index contributed by atoms with van der Waals surface area (Å²) in [7, 11) is -4.42. The Kier molecular flexibility index (Phi) is 50.6. The molecule has 0 aromatic rings. The van der Waals surface area contributed by atoms with E-state index in [1.165, 1.54) is 238 Å². The van der Waals surface area contributed by atoms with Crippen LogP contribution in [0.4, 0.5) is 0 Å². The van der Waals surface area contributed by atoms with Gasteiger partial charge in [0.05, 0.1) is 13.2 Å². The number of amides is 1. The standard InChI is InChI=1S/C54H108NO8P/c1-3-5-7-9-11-13-15-17-19-21-23-25-26-27-28-30-32-34-36-38-40-42-44-46-53(57)55-48-49-62-64(59,60)63-51-52(56)50-61-54(58)47-45-43-41-39-37-35-33-31-29-24-22-20-18-16-14-12-10-8-6-4-2/h52,56H,3-51H2,1-2H3,(H,55,57)(H,59,60). The molecule has 0 aliphatic rings. The van der Waals surface area contributed by atoms with Crippen molar-refractivity contribution in [2.75, 3.05) is 26.4 Å². The van der Waals surface area contributed by atoms with Crippen LogP contribution in [0.2, 0.25) is 0 Å². The molecule has 0 heterocycles. The third-order valence-corrected chi connectivity index (χ3v) is 13.8. The number of rotatable bonds is 54. The second-order valence-electron chi connectivity index (χ2n) is 19.3. The van der Waals surface area contributed by atoms with Gasteiger partial charge in [0.15, 0.2) is 0 Å². The van der Waals surface area contributed by atoms with Crippen molar-refractivity contribution >= 4 is 19.7 Å². The maximum absolute atomic E-state index is 12.2. The van der Waals surface area contributed by atoms with Crippen molar-refractivity contribution in [3.8, 4) is 0 Å². The number of ether oxygens (including phenoxy) is 1. The minimum Gasteiger partial charge on any atom is -0.463 e. The van der Waals surface area contributed by atoms with Crippen LogP contribution >= 0.6 is 7.82 Å². The van der Waals surface area contributed by atoms with E-state index in [1.54, 1.807) is 0 Å². The monoisotopic (exact) mass is 930 g/mol. The van der Waals surface area contributed by atoms with E-state index < -0.39 is 26.5 Å². The average Bonchev–Trinajstić information content (AvgIpc) is 3.28. The molecular formula is C54H108NO8P. The lowest BCUT2D eigenvalue weighted by molar-refractivity contribution is -0.147. The zero-order valence-corrected chi connectivity index (χ0v) is 43.4. The first-order valence-corrected chi connectivity index (χ1v) is 29.5. The third-order valence-electron chi connectivity index (χ3n) is 12.8. The first kappa shape index (κ1) is 63.0. The van der Waals surface area contributed by atoms with Crippen LogP contribution in [0.5, 0.6) is 0 Å². The van der Waals surface area contributed by atoms with Crippen molar-refractivity contribution < 1.29 is 37.9 Å². The van der Waals surface area contributed by atoms with E-state index >= 15 is 0 Å². The number of aliphatic hydroxyl groups is 1. The first-order chi connectivity index (χ1) is 31.3. The highest BCUT2D eigenvalue weighted by Gasteiger charge is 2.23. The highest BCUT2D eigenvalue weighted by Crippen LogP contribution is 2.42. The van der Waals surface area contributed by atoms with Gasteiger partial charge in [-0.25, -0.2) is 4.57 Å². The molecule has 0 aromatic heterocycles. The molecule has 2 unspecified atom stereocenters. The van der Waals surface area contributed by atoms with Gasteiger partial charge >= 0.3 is 13.8 Å². The van der Waals surface area contributed by atoms with E-state index in [4.69, 9.17) is 13.8 Å².